The third-order valence-electron chi connectivity index (χ3n) is 6.13. The molecule has 2 atom stereocenters. The van der Waals surface area contributed by atoms with E-state index in [4.69, 9.17) is 9.47 Å². The summed E-state index contributed by atoms with van der Waals surface area (Å²) in [6.07, 6.45) is 2.32. The average molecular weight is 395 g/mol. The van der Waals surface area contributed by atoms with Gasteiger partial charge in [-0.25, -0.2) is 4.79 Å². The lowest BCUT2D eigenvalue weighted by Gasteiger charge is -2.25. The van der Waals surface area contributed by atoms with Crippen LogP contribution in [0.4, 0.5) is 4.79 Å². The second-order valence-electron chi connectivity index (χ2n) is 8.06. The van der Waals surface area contributed by atoms with Crippen LogP contribution in [0.3, 0.4) is 0 Å². The van der Waals surface area contributed by atoms with Gasteiger partial charge < -0.3 is 19.3 Å². The van der Waals surface area contributed by atoms with Crippen LogP contribution in [0.15, 0.2) is 54.6 Å². The average Bonchev–Trinajstić information content (AvgIpc) is 3.43. The molecular weight excluding hydrogens is 364 g/mol. The summed E-state index contributed by atoms with van der Waals surface area (Å²) in [7, 11) is 1.72. The summed E-state index contributed by atoms with van der Waals surface area (Å²) in [6.45, 7) is 5.05. The number of hydrogen-bond acceptors (Lipinski definition) is 4. The fraction of sp³-hybridized carbons (Fsp3) is 0.458. The number of para-hydroxylation sites is 1. The topological polar surface area (TPSA) is 42.0 Å². The Balaban J connectivity index is 1.47. The first kappa shape index (κ1) is 19.8. The standard InChI is InChI=1S/C24H30N2O3/c1-28-23-12-6-5-11-21(23)22-17-26(16-20(22)15-25-13-7-8-14-25)24(27)29-18-19-9-3-2-4-10-19/h2-6,9-12,20,22H,7-8,13-18H2,1H3. The van der Waals surface area contributed by atoms with E-state index in [1.807, 2.05) is 47.4 Å². The molecule has 0 aliphatic carbocycles. The van der Waals surface area contributed by atoms with E-state index in [9.17, 15) is 4.79 Å². The number of carbonyl (C=O) groups excluding carboxylic acids is 1. The molecule has 2 aromatic carbocycles. The number of ether oxygens (including phenoxy) is 2. The van der Waals surface area contributed by atoms with Crippen LogP contribution in [0.2, 0.25) is 0 Å². The van der Waals surface area contributed by atoms with Gasteiger partial charge in [0.05, 0.1) is 7.11 Å². The van der Waals surface area contributed by atoms with Gasteiger partial charge in [0.1, 0.15) is 12.4 Å². The Morgan fingerprint density at radius 2 is 1.72 bits per heavy atom. The van der Waals surface area contributed by atoms with Gasteiger partial charge in [0.15, 0.2) is 0 Å². The molecule has 4 rings (SSSR count). The van der Waals surface area contributed by atoms with Crippen LogP contribution < -0.4 is 4.74 Å². The van der Waals surface area contributed by atoms with Gasteiger partial charge in [-0.15, -0.1) is 0 Å². The van der Waals surface area contributed by atoms with Crippen LogP contribution in [-0.2, 0) is 11.3 Å². The van der Waals surface area contributed by atoms with Crippen LogP contribution in [0.5, 0.6) is 5.75 Å². The molecule has 5 nitrogen and oxygen atoms in total. The Hall–Kier alpha value is -2.53. The smallest absolute Gasteiger partial charge is 0.410 e. The van der Waals surface area contributed by atoms with Crippen LogP contribution in [0, 0.1) is 5.92 Å². The van der Waals surface area contributed by atoms with E-state index in [1.54, 1.807) is 7.11 Å². The highest BCUT2D eigenvalue weighted by Crippen LogP contribution is 2.38. The van der Waals surface area contributed by atoms with Gasteiger partial charge in [0, 0.05) is 25.6 Å². The minimum atomic E-state index is -0.224. The predicted octanol–water partition coefficient (Wildman–Crippen LogP) is 4.14. The molecule has 0 N–H and O–H groups in total. The number of likely N-dealkylation sites (tertiary alicyclic amines) is 2. The maximum Gasteiger partial charge on any atom is 0.410 e. The summed E-state index contributed by atoms with van der Waals surface area (Å²) < 4.78 is 11.2. The Bertz CT molecular complexity index is 805. The van der Waals surface area contributed by atoms with Crippen LogP contribution in [0.25, 0.3) is 0 Å². The molecule has 2 fully saturated rings. The molecule has 0 spiro atoms. The summed E-state index contributed by atoms with van der Waals surface area (Å²) in [5.74, 6) is 1.55. The largest absolute Gasteiger partial charge is 0.496 e. The van der Waals surface area contributed by atoms with Crippen LogP contribution in [0.1, 0.15) is 29.9 Å². The molecule has 154 valence electrons. The molecule has 0 bridgehead atoms. The van der Waals surface area contributed by atoms with Crippen LogP contribution >= 0.6 is 0 Å². The second kappa shape index (κ2) is 9.31. The third kappa shape index (κ3) is 4.73. The van der Waals surface area contributed by atoms with E-state index in [0.29, 0.717) is 19.1 Å². The summed E-state index contributed by atoms with van der Waals surface area (Å²) in [6, 6.07) is 18.0. The zero-order valence-electron chi connectivity index (χ0n) is 17.1. The molecule has 0 aromatic heterocycles. The molecule has 29 heavy (non-hydrogen) atoms. The summed E-state index contributed by atoms with van der Waals surface area (Å²) >= 11 is 0. The number of methoxy groups -OCH3 is 1. The fourth-order valence-electron chi connectivity index (χ4n) is 4.64. The molecule has 2 aliphatic heterocycles. The number of rotatable bonds is 6. The van der Waals surface area contributed by atoms with E-state index in [0.717, 1.165) is 37.5 Å². The van der Waals surface area contributed by atoms with Crippen LogP contribution in [-0.4, -0.2) is 55.7 Å². The van der Waals surface area contributed by atoms with Crippen molar-refractivity contribution in [3.63, 3.8) is 0 Å². The molecule has 2 unspecified atom stereocenters. The van der Waals surface area contributed by atoms with Gasteiger partial charge in [-0.1, -0.05) is 48.5 Å². The van der Waals surface area contributed by atoms with E-state index in [2.05, 4.69) is 17.0 Å². The highest BCUT2D eigenvalue weighted by atomic mass is 16.6. The molecule has 5 heteroatoms. The SMILES string of the molecule is COc1ccccc1C1CN(C(=O)OCc2ccccc2)CC1CN1CCCC1. The second-order valence-corrected chi connectivity index (χ2v) is 8.06. The highest BCUT2D eigenvalue weighted by molar-refractivity contribution is 5.68. The minimum Gasteiger partial charge on any atom is -0.496 e. The van der Waals surface area contributed by atoms with E-state index in [1.165, 1.54) is 18.4 Å². The Morgan fingerprint density at radius 3 is 2.48 bits per heavy atom. The van der Waals surface area contributed by atoms with Crippen molar-refractivity contribution in [1.82, 2.24) is 9.80 Å². The van der Waals surface area contributed by atoms with Crippen molar-refractivity contribution in [2.24, 2.45) is 5.92 Å². The Labute approximate surface area is 173 Å². The van der Waals surface area contributed by atoms with E-state index >= 15 is 0 Å². The maximum atomic E-state index is 12.8. The van der Waals surface area contributed by atoms with Crippen molar-refractivity contribution in [1.29, 1.82) is 0 Å². The van der Waals surface area contributed by atoms with Crippen molar-refractivity contribution in [3.05, 3.63) is 65.7 Å². The van der Waals surface area contributed by atoms with Crippen molar-refractivity contribution >= 4 is 6.09 Å². The molecule has 2 heterocycles. The lowest BCUT2D eigenvalue weighted by Crippen LogP contribution is -2.32. The normalized spacial score (nSPS) is 22.0. The maximum absolute atomic E-state index is 12.8. The first-order valence-electron chi connectivity index (χ1n) is 10.6. The lowest BCUT2D eigenvalue weighted by molar-refractivity contribution is 0.102. The predicted molar refractivity (Wildman–Crippen MR) is 113 cm³/mol. The molecule has 0 saturated carbocycles. The van der Waals surface area contributed by atoms with Crippen molar-refractivity contribution in [3.8, 4) is 5.75 Å². The van der Waals surface area contributed by atoms with E-state index < -0.39 is 0 Å². The van der Waals surface area contributed by atoms with Gasteiger partial charge >= 0.3 is 6.09 Å². The first-order chi connectivity index (χ1) is 14.2. The first-order valence-corrected chi connectivity index (χ1v) is 10.6. The van der Waals surface area contributed by atoms with Gasteiger partial charge in [0.25, 0.3) is 0 Å². The number of amides is 1. The molecule has 0 radical (unpaired) electrons. The molecule has 2 aliphatic rings. The zero-order chi connectivity index (χ0) is 20.1. The number of hydrogen-bond donors (Lipinski definition) is 0. The fourth-order valence-corrected chi connectivity index (χ4v) is 4.64. The van der Waals surface area contributed by atoms with Crippen molar-refractivity contribution in [2.45, 2.75) is 25.4 Å². The Morgan fingerprint density at radius 1 is 1.00 bits per heavy atom. The number of carbonyl (C=O) groups is 1. The molecular formula is C24H30N2O3. The Kier molecular flexibility index (Phi) is 6.35. The quantitative estimate of drug-likeness (QED) is 0.738. The van der Waals surface area contributed by atoms with E-state index in [-0.39, 0.29) is 12.0 Å². The molecule has 2 aromatic rings. The zero-order valence-corrected chi connectivity index (χ0v) is 17.1. The minimum absolute atomic E-state index is 0.224. The van der Waals surface area contributed by atoms with Gasteiger partial charge in [-0.3, -0.25) is 0 Å². The monoisotopic (exact) mass is 394 g/mol. The van der Waals surface area contributed by atoms with Gasteiger partial charge in [-0.2, -0.15) is 0 Å². The number of benzene rings is 2. The summed E-state index contributed by atoms with van der Waals surface area (Å²) in [5, 5.41) is 0. The highest BCUT2D eigenvalue weighted by Gasteiger charge is 2.39. The number of nitrogens with zero attached hydrogens (tertiary/aromatic N) is 2. The third-order valence-corrected chi connectivity index (χ3v) is 6.13. The van der Waals surface area contributed by atoms with Gasteiger partial charge in [0.2, 0.25) is 0 Å². The molecule has 1 amide bonds. The molecule has 2 saturated heterocycles. The summed E-state index contributed by atoms with van der Waals surface area (Å²) in [4.78, 5) is 17.2. The lowest BCUT2D eigenvalue weighted by atomic mass is 9.88. The van der Waals surface area contributed by atoms with Crippen molar-refractivity contribution in [2.75, 3.05) is 39.8 Å². The summed E-state index contributed by atoms with van der Waals surface area (Å²) in [5.41, 5.74) is 2.20. The van der Waals surface area contributed by atoms with Crippen molar-refractivity contribution < 1.29 is 14.3 Å². The van der Waals surface area contributed by atoms with Gasteiger partial charge in [-0.05, 0) is 49.0 Å².